The second kappa shape index (κ2) is 5.49. The Bertz CT molecular complexity index is 541. The van der Waals surface area contributed by atoms with Gasteiger partial charge in [0.2, 0.25) is 0 Å². The SMILES string of the molecule is OC1c2ccccc2CCCC1Cc1ncccn1. The van der Waals surface area contributed by atoms with Gasteiger partial charge in [-0.2, -0.15) is 0 Å². The molecular formula is C16H18N2O. The molecule has 0 aliphatic heterocycles. The van der Waals surface area contributed by atoms with Crippen molar-refractivity contribution in [2.24, 2.45) is 5.92 Å². The minimum Gasteiger partial charge on any atom is -0.388 e. The van der Waals surface area contributed by atoms with Gasteiger partial charge in [0.05, 0.1) is 6.10 Å². The van der Waals surface area contributed by atoms with Gasteiger partial charge in [-0.1, -0.05) is 24.3 Å². The molecule has 19 heavy (non-hydrogen) atoms. The highest BCUT2D eigenvalue weighted by molar-refractivity contribution is 5.30. The third-order valence-corrected chi connectivity index (χ3v) is 3.91. The molecule has 1 aliphatic rings. The molecule has 2 atom stereocenters. The second-order valence-electron chi connectivity index (χ2n) is 5.17. The van der Waals surface area contributed by atoms with E-state index >= 15 is 0 Å². The molecule has 1 N–H and O–H groups in total. The van der Waals surface area contributed by atoms with Crippen LogP contribution in [0.3, 0.4) is 0 Å². The number of rotatable bonds is 2. The highest BCUT2D eigenvalue weighted by Gasteiger charge is 2.26. The van der Waals surface area contributed by atoms with Crippen molar-refractivity contribution in [2.75, 3.05) is 0 Å². The van der Waals surface area contributed by atoms with E-state index in [1.54, 1.807) is 12.4 Å². The van der Waals surface area contributed by atoms with Crippen LogP contribution in [-0.4, -0.2) is 15.1 Å². The Labute approximate surface area is 113 Å². The van der Waals surface area contributed by atoms with Gasteiger partial charge in [-0.15, -0.1) is 0 Å². The molecular weight excluding hydrogens is 236 g/mol. The molecule has 1 aromatic carbocycles. The minimum atomic E-state index is -0.400. The quantitative estimate of drug-likeness (QED) is 0.838. The highest BCUT2D eigenvalue weighted by atomic mass is 16.3. The van der Waals surface area contributed by atoms with Gasteiger partial charge in [0.25, 0.3) is 0 Å². The first kappa shape index (κ1) is 12.3. The smallest absolute Gasteiger partial charge is 0.128 e. The predicted molar refractivity (Wildman–Crippen MR) is 73.6 cm³/mol. The Morgan fingerprint density at radius 3 is 2.74 bits per heavy atom. The molecule has 0 fully saturated rings. The molecule has 0 bridgehead atoms. The predicted octanol–water partition coefficient (Wildman–Crippen LogP) is 2.71. The van der Waals surface area contributed by atoms with Crippen LogP contribution in [0.4, 0.5) is 0 Å². The van der Waals surface area contributed by atoms with Crippen molar-refractivity contribution in [3.63, 3.8) is 0 Å². The van der Waals surface area contributed by atoms with Crippen LogP contribution >= 0.6 is 0 Å². The highest BCUT2D eigenvalue weighted by Crippen LogP contribution is 2.34. The van der Waals surface area contributed by atoms with Crippen LogP contribution in [0.25, 0.3) is 0 Å². The molecule has 0 radical (unpaired) electrons. The van der Waals surface area contributed by atoms with E-state index in [1.807, 2.05) is 24.3 Å². The summed E-state index contributed by atoms with van der Waals surface area (Å²) >= 11 is 0. The summed E-state index contributed by atoms with van der Waals surface area (Å²) in [5, 5.41) is 10.6. The van der Waals surface area contributed by atoms with Crippen molar-refractivity contribution < 1.29 is 5.11 Å². The van der Waals surface area contributed by atoms with Gasteiger partial charge in [0, 0.05) is 18.8 Å². The van der Waals surface area contributed by atoms with Crippen LogP contribution in [0, 0.1) is 5.92 Å². The summed E-state index contributed by atoms with van der Waals surface area (Å²) in [6.07, 6.45) is 7.07. The van der Waals surface area contributed by atoms with E-state index in [-0.39, 0.29) is 5.92 Å². The number of aliphatic hydroxyl groups excluding tert-OH is 1. The third kappa shape index (κ3) is 2.66. The number of benzene rings is 1. The Morgan fingerprint density at radius 1 is 1.11 bits per heavy atom. The molecule has 2 unspecified atom stereocenters. The first-order chi connectivity index (χ1) is 9.34. The molecule has 3 nitrogen and oxygen atoms in total. The first-order valence-electron chi connectivity index (χ1n) is 6.86. The summed E-state index contributed by atoms with van der Waals surface area (Å²) in [5.41, 5.74) is 2.37. The van der Waals surface area contributed by atoms with Crippen molar-refractivity contribution in [3.8, 4) is 0 Å². The zero-order valence-electron chi connectivity index (χ0n) is 10.9. The van der Waals surface area contributed by atoms with E-state index in [1.165, 1.54) is 5.56 Å². The fourth-order valence-electron chi connectivity index (χ4n) is 2.90. The van der Waals surface area contributed by atoms with Gasteiger partial charge in [0.15, 0.2) is 0 Å². The zero-order valence-corrected chi connectivity index (χ0v) is 10.9. The van der Waals surface area contributed by atoms with Crippen LogP contribution in [0.5, 0.6) is 0 Å². The van der Waals surface area contributed by atoms with Crippen molar-refractivity contribution in [2.45, 2.75) is 31.8 Å². The van der Waals surface area contributed by atoms with E-state index in [0.29, 0.717) is 0 Å². The molecule has 1 aliphatic carbocycles. The van der Waals surface area contributed by atoms with Crippen LogP contribution in [-0.2, 0) is 12.8 Å². The lowest BCUT2D eigenvalue weighted by Gasteiger charge is -2.21. The van der Waals surface area contributed by atoms with Gasteiger partial charge in [-0.05, 0) is 42.4 Å². The van der Waals surface area contributed by atoms with Crippen molar-refractivity contribution in [3.05, 3.63) is 59.7 Å². The van der Waals surface area contributed by atoms with Gasteiger partial charge >= 0.3 is 0 Å². The number of aromatic nitrogens is 2. The molecule has 3 heteroatoms. The molecule has 0 amide bonds. The van der Waals surface area contributed by atoms with E-state index < -0.39 is 6.10 Å². The number of hydrogen-bond acceptors (Lipinski definition) is 3. The van der Waals surface area contributed by atoms with E-state index in [0.717, 1.165) is 37.1 Å². The standard InChI is InChI=1S/C16H18N2O/c19-16-13(11-15-17-9-4-10-18-15)7-3-6-12-5-1-2-8-14(12)16/h1-2,4-5,8-10,13,16,19H,3,6-7,11H2. The normalized spacial score (nSPS) is 22.6. The molecule has 0 saturated carbocycles. The van der Waals surface area contributed by atoms with Crippen LogP contribution in [0.2, 0.25) is 0 Å². The summed E-state index contributed by atoms with van der Waals surface area (Å²) in [4.78, 5) is 8.54. The number of hydrogen-bond donors (Lipinski definition) is 1. The lowest BCUT2D eigenvalue weighted by molar-refractivity contribution is 0.104. The van der Waals surface area contributed by atoms with Crippen LogP contribution in [0.1, 0.15) is 35.9 Å². The van der Waals surface area contributed by atoms with Crippen LogP contribution < -0.4 is 0 Å². The summed E-state index contributed by atoms with van der Waals surface area (Å²) < 4.78 is 0. The maximum absolute atomic E-state index is 10.6. The summed E-state index contributed by atoms with van der Waals surface area (Å²) in [6.45, 7) is 0. The minimum absolute atomic E-state index is 0.214. The van der Waals surface area contributed by atoms with Gasteiger partial charge < -0.3 is 5.11 Å². The molecule has 2 aromatic rings. The van der Waals surface area contributed by atoms with E-state index in [9.17, 15) is 5.11 Å². The Hall–Kier alpha value is -1.74. The van der Waals surface area contributed by atoms with Crippen molar-refractivity contribution >= 4 is 0 Å². The van der Waals surface area contributed by atoms with Crippen LogP contribution in [0.15, 0.2) is 42.7 Å². The summed E-state index contributed by atoms with van der Waals surface area (Å²) in [7, 11) is 0. The Morgan fingerprint density at radius 2 is 1.89 bits per heavy atom. The molecule has 0 spiro atoms. The number of aryl methyl sites for hydroxylation is 1. The zero-order chi connectivity index (χ0) is 13.1. The largest absolute Gasteiger partial charge is 0.388 e. The average Bonchev–Trinajstić information content (AvgIpc) is 2.61. The summed E-state index contributed by atoms with van der Waals surface area (Å²) in [6, 6.07) is 10.0. The third-order valence-electron chi connectivity index (χ3n) is 3.91. The lowest BCUT2D eigenvalue weighted by atomic mass is 9.90. The van der Waals surface area contributed by atoms with E-state index in [2.05, 4.69) is 16.0 Å². The average molecular weight is 254 g/mol. The fraction of sp³-hybridized carbons (Fsp3) is 0.375. The van der Waals surface area contributed by atoms with Crippen molar-refractivity contribution in [1.82, 2.24) is 9.97 Å². The Balaban J connectivity index is 1.84. The number of aliphatic hydroxyl groups is 1. The van der Waals surface area contributed by atoms with Gasteiger partial charge in [0.1, 0.15) is 5.82 Å². The number of fused-ring (bicyclic) bond motifs is 1. The molecule has 1 aromatic heterocycles. The topological polar surface area (TPSA) is 46.0 Å². The van der Waals surface area contributed by atoms with Gasteiger partial charge in [-0.25, -0.2) is 9.97 Å². The molecule has 3 rings (SSSR count). The molecule has 0 saturated heterocycles. The van der Waals surface area contributed by atoms with Crippen molar-refractivity contribution in [1.29, 1.82) is 0 Å². The molecule has 98 valence electrons. The second-order valence-corrected chi connectivity index (χ2v) is 5.17. The van der Waals surface area contributed by atoms with Gasteiger partial charge in [-0.3, -0.25) is 0 Å². The first-order valence-corrected chi connectivity index (χ1v) is 6.86. The number of nitrogens with zero attached hydrogens (tertiary/aromatic N) is 2. The molecule has 1 heterocycles. The maximum Gasteiger partial charge on any atom is 0.128 e. The monoisotopic (exact) mass is 254 g/mol. The Kier molecular flexibility index (Phi) is 3.56. The lowest BCUT2D eigenvalue weighted by Crippen LogP contribution is -2.16. The summed E-state index contributed by atoms with van der Waals surface area (Å²) in [5.74, 6) is 1.04. The van der Waals surface area contributed by atoms with E-state index in [4.69, 9.17) is 0 Å². The fourth-order valence-corrected chi connectivity index (χ4v) is 2.90. The maximum atomic E-state index is 10.6.